The number of ether oxygens (including phenoxy) is 2. The van der Waals surface area contributed by atoms with Gasteiger partial charge < -0.3 is 14.4 Å². The van der Waals surface area contributed by atoms with Gasteiger partial charge in [-0.3, -0.25) is 0 Å². The second-order valence-electron chi connectivity index (χ2n) is 5.41. The zero-order chi connectivity index (χ0) is 13.1. The van der Waals surface area contributed by atoms with E-state index >= 15 is 0 Å². The van der Waals surface area contributed by atoms with E-state index in [1.54, 1.807) is 0 Å². The first-order valence-corrected chi connectivity index (χ1v) is 6.86. The van der Waals surface area contributed by atoms with Crippen LogP contribution in [0.3, 0.4) is 0 Å². The van der Waals surface area contributed by atoms with E-state index in [1.807, 2.05) is 0 Å². The molecule has 3 heteroatoms. The maximum absolute atomic E-state index is 5.06. The highest BCUT2D eigenvalue weighted by Crippen LogP contribution is 2.09. The van der Waals surface area contributed by atoms with Gasteiger partial charge in [0, 0.05) is 19.1 Å². The molecule has 0 bridgehead atoms. The molecule has 0 spiro atoms. The fourth-order valence-corrected chi connectivity index (χ4v) is 1.45. The minimum Gasteiger partial charge on any atom is -0.381 e. The van der Waals surface area contributed by atoms with Gasteiger partial charge in [0.25, 0.3) is 0 Å². The molecule has 2 aliphatic heterocycles. The Morgan fingerprint density at radius 3 is 1.65 bits per heavy atom. The zero-order valence-corrected chi connectivity index (χ0v) is 12.4. The molecular weight excluding hydrogens is 214 g/mol. The van der Waals surface area contributed by atoms with E-state index in [2.05, 4.69) is 39.8 Å². The molecule has 3 nitrogen and oxygen atoms in total. The van der Waals surface area contributed by atoms with Crippen LogP contribution in [0.2, 0.25) is 0 Å². The Labute approximate surface area is 107 Å². The zero-order valence-electron chi connectivity index (χ0n) is 12.4. The summed E-state index contributed by atoms with van der Waals surface area (Å²) in [6.07, 6.45) is 2.52. The monoisotopic (exact) mass is 245 g/mol. The fourth-order valence-electron chi connectivity index (χ4n) is 1.45. The first kappa shape index (κ1) is 16.9. The lowest BCUT2D eigenvalue weighted by molar-refractivity contribution is -0.0221. The van der Waals surface area contributed by atoms with Crippen LogP contribution < -0.4 is 0 Å². The van der Waals surface area contributed by atoms with Gasteiger partial charge in [0.1, 0.15) is 0 Å². The molecule has 0 aromatic rings. The van der Waals surface area contributed by atoms with Crippen molar-refractivity contribution in [3.05, 3.63) is 0 Å². The van der Waals surface area contributed by atoms with Crippen molar-refractivity contribution in [3.8, 4) is 0 Å². The first-order valence-electron chi connectivity index (χ1n) is 6.86. The van der Waals surface area contributed by atoms with E-state index < -0.39 is 0 Å². The third-order valence-electron chi connectivity index (χ3n) is 2.63. The Hall–Kier alpha value is -0.120. The van der Waals surface area contributed by atoms with Gasteiger partial charge in [-0.2, -0.15) is 0 Å². The van der Waals surface area contributed by atoms with Crippen LogP contribution in [0.25, 0.3) is 0 Å². The molecule has 0 amide bonds. The molecule has 1 atom stereocenters. The van der Waals surface area contributed by atoms with Crippen molar-refractivity contribution >= 4 is 0 Å². The summed E-state index contributed by atoms with van der Waals surface area (Å²) in [5, 5.41) is 0. The topological polar surface area (TPSA) is 21.7 Å². The van der Waals surface area contributed by atoms with Crippen molar-refractivity contribution in [2.45, 2.75) is 33.6 Å². The van der Waals surface area contributed by atoms with Crippen LogP contribution in [0.4, 0.5) is 0 Å². The Morgan fingerprint density at radius 2 is 1.59 bits per heavy atom. The molecular formula is C14H31NO2. The molecule has 2 aliphatic rings. The number of hydrogen-bond donors (Lipinski definition) is 0. The van der Waals surface area contributed by atoms with Crippen molar-refractivity contribution in [2.75, 3.05) is 47.1 Å². The number of hydrogen-bond acceptors (Lipinski definition) is 3. The van der Waals surface area contributed by atoms with Crippen molar-refractivity contribution in [3.63, 3.8) is 0 Å². The predicted molar refractivity (Wildman–Crippen MR) is 73.4 cm³/mol. The molecule has 0 N–H and O–H groups in total. The Bertz CT molecular complexity index is 152. The summed E-state index contributed by atoms with van der Waals surface area (Å²) in [6, 6.07) is 0. The molecule has 17 heavy (non-hydrogen) atoms. The molecule has 1 unspecified atom stereocenters. The second kappa shape index (κ2) is 11.0. The van der Waals surface area contributed by atoms with Gasteiger partial charge in [0.05, 0.1) is 13.2 Å². The Morgan fingerprint density at radius 1 is 1.00 bits per heavy atom. The fraction of sp³-hybridized carbons (Fsp3) is 1.00. The van der Waals surface area contributed by atoms with Crippen molar-refractivity contribution < 1.29 is 9.47 Å². The average Bonchev–Trinajstić information content (AvgIpc) is 2.68. The van der Waals surface area contributed by atoms with Crippen LogP contribution in [-0.2, 0) is 9.47 Å². The molecule has 2 fully saturated rings. The van der Waals surface area contributed by atoms with Crippen molar-refractivity contribution in [1.82, 2.24) is 4.90 Å². The summed E-state index contributed by atoms with van der Waals surface area (Å²) < 4.78 is 9.89. The van der Waals surface area contributed by atoms with Crippen molar-refractivity contribution in [1.29, 1.82) is 0 Å². The highest BCUT2D eigenvalue weighted by Gasteiger charge is 2.09. The van der Waals surface area contributed by atoms with Gasteiger partial charge in [-0.1, -0.05) is 20.8 Å². The second-order valence-corrected chi connectivity index (χ2v) is 5.41. The predicted octanol–water partition coefficient (Wildman–Crippen LogP) is 2.65. The standard InChI is InChI=1S/C5H13N.C5H10O.C4H8O/c1-4-5-6(2)3;1-5-2-3-6-4-5;1-4-2-5-3-4/h4-5H2,1-3H3;5H,2-4H2,1H3;4H,2-3H2,1H3. The molecule has 0 saturated carbocycles. The lowest BCUT2D eigenvalue weighted by Crippen LogP contribution is -2.23. The largest absolute Gasteiger partial charge is 0.381 e. The summed E-state index contributed by atoms with van der Waals surface area (Å²) in [5.41, 5.74) is 0. The number of nitrogens with zero attached hydrogens (tertiary/aromatic N) is 1. The van der Waals surface area contributed by atoms with Gasteiger partial charge >= 0.3 is 0 Å². The van der Waals surface area contributed by atoms with Gasteiger partial charge in [-0.25, -0.2) is 0 Å². The smallest absolute Gasteiger partial charge is 0.0513 e. The third-order valence-corrected chi connectivity index (χ3v) is 2.63. The van der Waals surface area contributed by atoms with Crippen LogP contribution in [0.1, 0.15) is 33.6 Å². The van der Waals surface area contributed by atoms with Crippen LogP contribution in [0.5, 0.6) is 0 Å². The van der Waals surface area contributed by atoms with E-state index in [0.29, 0.717) is 0 Å². The van der Waals surface area contributed by atoms with Crippen molar-refractivity contribution in [2.24, 2.45) is 11.8 Å². The highest BCUT2D eigenvalue weighted by molar-refractivity contribution is 4.56. The minimum absolute atomic E-state index is 0.824. The van der Waals surface area contributed by atoms with Crippen LogP contribution in [0, 0.1) is 11.8 Å². The minimum atomic E-state index is 0.824. The Kier molecular flexibility index (Phi) is 10.9. The van der Waals surface area contributed by atoms with Gasteiger partial charge in [-0.05, 0) is 39.4 Å². The molecule has 2 saturated heterocycles. The first-order chi connectivity index (χ1) is 8.06. The van der Waals surface area contributed by atoms with E-state index in [1.165, 1.54) is 19.4 Å². The average molecular weight is 245 g/mol. The van der Waals surface area contributed by atoms with E-state index in [9.17, 15) is 0 Å². The van der Waals surface area contributed by atoms with Gasteiger partial charge in [-0.15, -0.1) is 0 Å². The summed E-state index contributed by atoms with van der Waals surface area (Å²) in [7, 11) is 4.17. The SMILES string of the molecule is CC1CCOC1.CC1COC1.CCCN(C)C. The van der Waals surface area contributed by atoms with Gasteiger partial charge in [0.15, 0.2) is 0 Å². The van der Waals surface area contributed by atoms with E-state index in [-0.39, 0.29) is 0 Å². The normalized spacial score (nSPS) is 23.3. The quantitative estimate of drug-likeness (QED) is 0.746. The summed E-state index contributed by atoms with van der Waals surface area (Å²) in [5.74, 6) is 1.67. The maximum atomic E-state index is 5.06. The van der Waals surface area contributed by atoms with E-state index in [4.69, 9.17) is 9.47 Å². The maximum Gasteiger partial charge on any atom is 0.0513 e. The lowest BCUT2D eigenvalue weighted by Gasteiger charge is -2.20. The molecule has 0 aliphatic carbocycles. The van der Waals surface area contributed by atoms with Crippen LogP contribution in [-0.4, -0.2) is 52.0 Å². The third kappa shape index (κ3) is 12.1. The number of rotatable bonds is 2. The van der Waals surface area contributed by atoms with Gasteiger partial charge in [0.2, 0.25) is 0 Å². The summed E-state index contributed by atoms with van der Waals surface area (Å²) in [4.78, 5) is 2.18. The molecule has 0 aromatic carbocycles. The van der Waals surface area contributed by atoms with Crippen LogP contribution >= 0.6 is 0 Å². The summed E-state index contributed by atoms with van der Waals surface area (Å²) in [6.45, 7) is 11.7. The molecule has 2 heterocycles. The molecule has 0 aromatic heterocycles. The lowest BCUT2D eigenvalue weighted by atomic mass is 10.2. The molecule has 2 rings (SSSR count). The molecule has 0 radical (unpaired) electrons. The highest BCUT2D eigenvalue weighted by atomic mass is 16.5. The molecule has 104 valence electrons. The van der Waals surface area contributed by atoms with Crippen LogP contribution in [0.15, 0.2) is 0 Å². The summed E-state index contributed by atoms with van der Waals surface area (Å²) >= 11 is 0. The Balaban J connectivity index is 0.000000227. The van der Waals surface area contributed by atoms with E-state index in [0.717, 1.165) is 38.3 Å².